The van der Waals surface area contributed by atoms with E-state index < -0.39 is 8.07 Å². The third kappa shape index (κ3) is 9.39. The van der Waals surface area contributed by atoms with Crippen LogP contribution in [-0.4, -0.2) is 8.07 Å². The van der Waals surface area contributed by atoms with Crippen molar-refractivity contribution < 1.29 is 0 Å². The first-order valence-corrected chi connectivity index (χ1v) is 8.57. The van der Waals surface area contributed by atoms with Crippen LogP contribution in [0.1, 0.15) is 26.2 Å². The molecule has 0 rings (SSSR count). The lowest BCUT2D eigenvalue weighted by atomic mass is 10.1. The second-order valence-corrected chi connectivity index (χ2v) is 9.64. The van der Waals surface area contributed by atoms with Crippen LogP contribution in [0.3, 0.4) is 0 Å². The maximum Gasteiger partial charge on any atom is 0.0781 e. The van der Waals surface area contributed by atoms with Gasteiger partial charge in [0.25, 0.3) is 0 Å². The Morgan fingerprint density at radius 3 is 2.46 bits per heavy atom. The number of hydrogen-bond donors (Lipinski definition) is 0. The number of hydrogen-bond acceptors (Lipinski definition) is 0. The Morgan fingerprint density at radius 1 is 1.38 bits per heavy atom. The van der Waals surface area contributed by atoms with Crippen molar-refractivity contribution in [3.05, 3.63) is 29.7 Å². The predicted octanol–water partition coefficient (Wildman–Crippen LogP) is 4.32. The molecule has 0 unspecified atom stereocenters. The fourth-order valence-electron chi connectivity index (χ4n) is 0.923. The summed E-state index contributed by atoms with van der Waals surface area (Å²) in [5.41, 5.74) is 7.07. The van der Waals surface area contributed by atoms with Crippen LogP contribution >= 0.6 is 0 Å². The van der Waals surface area contributed by atoms with Crippen molar-refractivity contribution >= 4 is 8.07 Å². The summed E-state index contributed by atoms with van der Waals surface area (Å²) >= 11 is 0. The lowest BCUT2D eigenvalue weighted by Crippen LogP contribution is -2.14. The van der Waals surface area contributed by atoms with Gasteiger partial charge in [0, 0.05) is 0 Å². The molecule has 0 saturated carbocycles. The molecule has 0 spiro atoms. The smallest absolute Gasteiger partial charge is 0.0781 e. The minimum absolute atomic E-state index is 1.04. The molecule has 0 nitrogen and oxygen atoms in total. The van der Waals surface area contributed by atoms with Crippen LogP contribution in [0.25, 0.3) is 0 Å². The average Bonchev–Trinajstić information content (AvgIpc) is 2.00. The van der Waals surface area contributed by atoms with Gasteiger partial charge in [0.05, 0.1) is 8.07 Å². The fourth-order valence-corrected chi connectivity index (χ4v) is 1.60. The highest BCUT2D eigenvalue weighted by molar-refractivity contribution is 6.80. The van der Waals surface area contributed by atoms with Crippen LogP contribution in [0.2, 0.25) is 19.6 Å². The summed E-state index contributed by atoms with van der Waals surface area (Å²) in [7, 11) is -1.04. The van der Waals surface area contributed by atoms with Crippen molar-refractivity contribution in [1.82, 2.24) is 0 Å². The molecular weight excluding hydrogens is 172 g/mol. The fraction of sp³-hybridized carbons (Fsp3) is 0.583. The van der Waals surface area contributed by atoms with Crippen molar-refractivity contribution in [3.63, 3.8) is 0 Å². The van der Waals surface area contributed by atoms with Crippen LogP contribution in [0.15, 0.2) is 29.7 Å². The second-order valence-electron chi connectivity index (χ2n) is 4.62. The molecule has 0 amide bonds. The van der Waals surface area contributed by atoms with Gasteiger partial charge >= 0.3 is 0 Å². The van der Waals surface area contributed by atoms with Gasteiger partial charge in [-0.25, -0.2) is 0 Å². The molecule has 0 aromatic heterocycles. The van der Waals surface area contributed by atoms with E-state index in [-0.39, 0.29) is 0 Å². The summed E-state index contributed by atoms with van der Waals surface area (Å²) in [6.45, 7) is 12.9. The standard InChI is InChI=1S/C12H22Si/c1-6-7-8-9-12(2)10-11-13(3,4)5/h6,11H,1,7-9H2,2-5H3. The zero-order valence-corrected chi connectivity index (χ0v) is 10.5. The van der Waals surface area contributed by atoms with Crippen molar-refractivity contribution in [2.75, 3.05) is 0 Å². The van der Waals surface area contributed by atoms with E-state index in [4.69, 9.17) is 0 Å². The molecule has 13 heavy (non-hydrogen) atoms. The highest BCUT2D eigenvalue weighted by Crippen LogP contribution is 2.07. The molecular formula is C12H22Si. The van der Waals surface area contributed by atoms with E-state index >= 15 is 0 Å². The highest BCUT2D eigenvalue weighted by atomic mass is 28.3. The van der Waals surface area contributed by atoms with Crippen molar-refractivity contribution in [1.29, 1.82) is 0 Å². The number of unbranched alkanes of at least 4 members (excludes halogenated alkanes) is 1. The van der Waals surface area contributed by atoms with Gasteiger partial charge in [-0.05, 0) is 31.8 Å². The van der Waals surface area contributed by atoms with E-state index in [0.29, 0.717) is 0 Å². The molecule has 0 fully saturated rings. The van der Waals surface area contributed by atoms with Gasteiger partial charge in [0.15, 0.2) is 0 Å². The normalized spacial score (nSPS) is 10.5. The Bertz CT molecular complexity index is 212. The molecule has 0 aliphatic heterocycles. The first-order chi connectivity index (χ1) is 5.95. The van der Waals surface area contributed by atoms with E-state index in [2.05, 4.69) is 44.6 Å². The van der Waals surface area contributed by atoms with Gasteiger partial charge in [-0.1, -0.05) is 31.4 Å². The van der Waals surface area contributed by atoms with Crippen LogP contribution in [0.5, 0.6) is 0 Å². The summed E-state index contributed by atoms with van der Waals surface area (Å²) in [6.07, 6.45) is 5.47. The minimum atomic E-state index is -1.04. The van der Waals surface area contributed by atoms with Gasteiger partial charge in [0.1, 0.15) is 0 Å². The number of rotatable bonds is 5. The lowest BCUT2D eigenvalue weighted by molar-refractivity contribution is 0.835. The van der Waals surface area contributed by atoms with Crippen molar-refractivity contribution in [2.24, 2.45) is 0 Å². The van der Waals surface area contributed by atoms with Gasteiger partial charge in [-0.3, -0.25) is 0 Å². The van der Waals surface area contributed by atoms with Gasteiger partial charge in [0.2, 0.25) is 0 Å². The molecule has 0 bridgehead atoms. The van der Waals surface area contributed by atoms with E-state index in [0.717, 1.165) is 12.8 Å². The summed E-state index contributed by atoms with van der Waals surface area (Å²) < 4.78 is 0. The van der Waals surface area contributed by atoms with Crippen molar-refractivity contribution in [2.45, 2.75) is 45.8 Å². The van der Waals surface area contributed by atoms with Crippen LogP contribution in [0, 0.1) is 0 Å². The van der Waals surface area contributed by atoms with E-state index in [1.807, 2.05) is 6.08 Å². The van der Waals surface area contributed by atoms with Crippen LogP contribution in [-0.2, 0) is 0 Å². The first-order valence-electron chi connectivity index (χ1n) is 5.00. The Balaban J connectivity index is 4.01. The predicted molar refractivity (Wildman–Crippen MR) is 64.7 cm³/mol. The molecule has 74 valence electrons. The van der Waals surface area contributed by atoms with Crippen molar-refractivity contribution in [3.8, 4) is 0 Å². The molecule has 0 saturated heterocycles. The quantitative estimate of drug-likeness (QED) is 0.265. The lowest BCUT2D eigenvalue weighted by Gasteiger charge is -2.05. The monoisotopic (exact) mass is 194 g/mol. The maximum absolute atomic E-state index is 3.71. The summed E-state index contributed by atoms with van der Waals surface area (Å²) in [4.78, 5) is 0. The molecule has 1 heteroatoms. The largest absolute Gasteiger partial charge is 0.131 e. The molecule has 0 radical (unpaired) electrons. The van der Waals surface area contributed by atoms with Crippen LogP contribution in [0.4, 0.5) is 0 Å². The summed E-state index contributed by atoms with van der Waals surface area (Å²) in [5.74, 6) is 0. The van der Waals surface area contributed by atoms with E-state index in [1.165, 1.54) is 12.0 Å². The maximum atomic E-state index is 3.71. The Morgan fingerprint density at radius 2 is 2.00 bits per heavy atom. The molecule has 0 heterocycles. The van der Waals surface area contributed by atoms with E-state index in [9.17, 15) is 0 Å². The average molecular weight is 194 g/mol. The minimum Gasteiger partial charge on any atom is -0.131 e. The van der Waals surface area contributed by atoms with Gasteiger partial charge in [-0.2, -0.15) is 0 Å². The Labute approximate surface area is 84.1 Å². The Kier molecular flexibility index (Phi) is 5.77. The summed E-state index contributed by atoms with van der Waals surface area (Å²) in [5, 5.41) is 0. The van der Waals surface area contributed by atoms with E-state index in [1.54, 1.807) is 0 Å². The highest BCUT2D eigenvalue weighted by Gasteiger charge is 2.06. The van der Waals surface area contributed by atoms with Gasteiger partial charge < -0.3 is 0 Å². The SMILES string of the molecule is C=CCCCC(C)=C=C[Si](C)(C)C. The molecule has 0 aromatic carbocycles. The first kappa shape index (κ1) is 12.5. The molecule has 0 aromatic rings. The summed E-state index contributed by atoms with van der Waals surface area (Å²) in [6, 6.07) is 0. The zero-order valence-electron chi connectivity index (χ0n) is 9.48. The molecule has 0 N–H and O–H groups in total. The topological polar surface area (TPSA) is 0 Å². The molecule has 0 atom stereocenters. The third-order valence-corrected chi connectivity index (χ3v) is 2.72. The number of allylic oxidation sites excluding steroid dienone is 2. The molecule has 0 aliphatic rings. The second kappa shape index (κ2) is 6.01. The Hall–Kier alpha value is -0.523. The van der Waals surface area contributed by atoms with Gasteiger partial charge in [-0.15, -0.1) is 12.3 Å². The van der Waals surface area contributed by atoms with Crippen LogP contribution < -0.4 is 0 Å². The zero-order chi connectivity index (χ0) is 10.3. The third-order valence-electron chi connectivity index (χ3n) is 1.71. The molecule has 0 aliphatic carbocycles.